The quantitative estimate of drug-likeness (QED) is 0.563. The van der Waals surface area contributed by atoms with Crippen molar-refractivity contribution in [1.29, 1.82) is 0 Å². The summed E-state index contributed by atoms with van der Waals surface area (Å²) < 4.78 is 0. The molecule has 1 aromatic heterocycles. The van der Waals surface area contributed by atoms with Crippen molar-refractivity contribution in [1.82, 2.24) is 15.4 Å². The summed E-state index contributed by atoms with van der Waals surface area (Å²) in [5.74, 6) is -0.340. The van der Waals surface area contributed by atoms with Gasteiger partial charge < -0.3 is 4.98 Å². The van der Waals surface area contributed by atoms with Crippen LogP contribution >= 0.6 is 11.6 Å². The molecule has 8 heteroatoms. The standard InChI is InChI=1S/C15H15ClN4O3/c1-9-12(14(22)19-15(23)18-9)5-6-13(21)20-17-8-10-3-2-4-11(16)7-10/h2-4,7-8H,5-6H2,1H3,(H,20,21)(H2,18,19,22,23)/b17-8+. The number of rotatable bonds is 5. The lowest BCUT2D eigenvalue weighted by atomic mass is 10.1. The molecule has 0 spiro atoms. The number of carbonyl (C=O) groups is 1. The Labute approximate surface area is 136 Å². The summed E-state index contributed by atoms with van der Waals surface area (Å²) in [4.78, 5) is 39.1. The van der Waals surface area contributed by atoms with Gasteiger partial charge in [-0.1, -0.05) is 23.7 Å². The first-order valence-corrected chi connectivity index (χ1v) is 7.23. The van der Waals surface area contributed by atoms with E-state index in [-0.39, 0.29) is 18.7 Å². The average Bonchev–Trinajstić information content (AvgIpc) is 2.46. The van der Waals surface area contributed by atoms with Crippen LogP contribution in [0.15, 0.2) is 39.0 Å². The van der Waals surface area contributed by atoms with Crippen LogP contribution in [0.3, 0.4) is 0 Å². The molecule has 1 aromatic carbocycles. The van der Waals surface area contributed by atoms with Gasteiger partial charge in [0.15, 0.2) is 0 Å². The van der Waals surface area contributed by atoms with Crippen molar-refractivity contribution >= 4 is 23.7 Å². The maximum atomic E-state index is 11.7. The molecule has 0 aliphatic rings. The Morgan fingerprint density at radius 1 is 1.35 bits per heavy atom. The van der Waals surface area contributed by atoms with Gasteiger partial charge in [0, 0.05) is 22.7 Å². The SMILES string of the molecule is Cc1[nH]c(=O)[nH]c(=O)c1CCC(=O)N/N=C/c1cccc(Cl)c1. The van der Waals surface area contributed by atoms with Crippen molar-refractivity contribution in [2.24, 2.45) is 5.10 Å². The molecular weight excluding hydrogens is 320 g/mol. The van der Waals surface area contributed by atoms with Gasteiger partial charge in [-0.25, -0.2) is 10.2 Å². The van der Waals surface area contributed by atoms with Gasteiger partial charge in [-0.2, -0.15) is 5.10 Å². The predicted octanol–water partition coefficient (Wildman–Crippen LogP) is 1.11. The van der Waals surface area contributed by atoms with E-state index in [1.165, 1.54) is 6.21 Å². The van der Waals surface area contributed by atoms with Gasteiger partial charge in [-0.15, -0.1) is 0 Å². The topological polar surface area (TPSA) is 107 Å². The van der Waals surface area contributed by atoms with Gasteiger partial charge in [0.25, 0.3) is 5.56 Å². The first-order chi connectivity index (χ1) is 11.0. The molecule has 0 aliphatic heterocycles. The molecule has 0 atom stereocenters. The molecule has 2 rings (SSSR count). The van der Waals surface area contributed by atoms with Crippen LogP contribution in [0.4, 0.5) is 0 Å². The van der Waals surface area contributed by atoms with Crippen LogP contribution in [-0.2, 0) is 11.2 Å². The Morgan fingerprint density at radius 3 is 2.83 bits per heavy atom. The summed E-state index contributed by atoms with van der Waals surface area (Å²) >= 11 is 5.84. The van der Waals surface area contributed by atoms with E-state index >= 15 is 0 Å². The molecule has 23 heavy (non-hydrogen) atoms. The number of nitrogens with one attached hydrogen (secondary N) is 3. The Kier molecular flexibility index (Phi) is 5.48. The van der Waals surface area contributed by atoms with E-state index in [2.05, 4.69) is 20.5 Å². The van der Waals surface area contributed by atoms with Crippen molar-refractivity contribution in [3.05, 3.63) is 66.9 Å². The Bertz CT molecular complexity index is 854. The third-order valence-corrected chi connectivity index (χ3v) is 3.34. The van der Waals surface area contributed by atoms with Crippen molar-refractivity contribution in [2.75, 3.05) is 0 Å². The fourth-order valence-corrected chi connectivity index (χ4v) is 2.19. The van der Waals surface area contributed by atoms with E-state index in [0.29, 0.717) is 16.3 Å². The predicted molar refractivity (Wildman–Crippen MR) is 87.9 cm³/mol. The molecule has 120 valence electrons. The van der Waals surface area contributed by atoms with E-state index in [0.717, 1.165) is 5.56 Å². The molecule has 0 unspecified atom stereocenters. The molecule has 0 aliphatic carbocycles. The van der Waals surface area contributed by atoms with Gasteiger partial charge in [-0.05, 0) is 31.0 Å². The number of amides is 1. The largest absolute Gasteiger partial charge is 0.325 e. The van der Waals surface area contributed by atoms with E-state index in [9.17, 15) is 14.4 Å². The van der Waals surface area contributed by atoms with Gasteiger partial charge in [0.05, 0.1) is 6.21 Å². The number of aryl methyl sites for hydroxylation is 1. The van der Waals surface area contributed by atoms with Gasteiger partial charge in [0.2, 0.25) is 5.91 Å². The minimum Gasteiger partial charge on any atom is -0.311 e. The first-order valence-electron chi connectivity index (χ1n) is 6.85. The monoisotopic (exact) mass is 334 g/mol. The van der Waals surface area contributed by atoms with Crippen LogP contribution < -0.4 is 16.7 Å². The molecule has 0 bridgehead atoms. The number of carbonyl (C=O) groups excluding carboxylic acids is 1. The summed E-state index contributed by atoms with van der Waals surface area (Å²) in [6, 6.07) is 7.02. The van der Waals surface area contributed by atoms with Gasteiger partial charge in [-0.3, -0.25) is 14.6 Å². The van der Waals surface area contributed by atoms with Crippen molar-refractivity contribution < 1.29 is 4.79 Å². The Morgan fingerprint density at radius 2 is 2.13 bits per heavy atom. The highest BCUT2D eigenvalue weighted by Crippen LogP contribution is 2.08. The van der Waals surface area contributed by atoms with Crippen LogP contribution in [0, 0.1) is 6.92 Å². The van der Waals surface area contributed by atoms with E-state index in [4.69, 9.17) is 11.6 Å². The van der Waals surface area contributed by atoms with Crippen LogP contribution in [0.1, 0.15) is 23.2 Å². The average molecular weight is 335 g/mol. The molecular formula is C15H15ClN4O3. The van der Waals surface area contributed by atoms with Crippen molar-refractivity contribution in [2.45, 2.75) is 19.8 Å². The summed E-state index contributed by atoms with van der Waals surface area (Å²) in [5, 5.41) is 4.40. The summed E-state index contributed by atoms with van der Waals surface area (Å²) in [7, 11) is 0. The number of H-pyrrole nitrogens is 2. The number of halogens is 1. The van der Waals surface area contributed by atoms with Crippen LogP contribution in [0.25, 0.3) is 0 Å². The zero-order valence-corrected chi connectivity index (χ0v) is 13.1. The zero-order chi connectivity index (χ0) is 16.8. The molecule has 2 aromatic rings. The molecule has 1 amide bonds. The molecule has 7 nitrogen and oxygen atoms in total. The normalized spacial score (nSPS) is 10.9. The lowest BCUT2D eigenvalue weighted by Gasteiger charge is -2.03. The number of hydrogen-bond donors (Lipinski definition) is 3. The lowest BCUT2D eigenvalue weighted by Crippen LogP contribution is -2.28. The highest BCUT2D eigenvalue weighted by Gasteiger charge is 2.08. The third kappa shape index (κ3) is 4.93. The van der Waals surface area contributed by atoms with Gasteiger partial charge in [0.1, 0.15) is 0 Å². The zero-order valence-electron chi connectivity index (χ0n) is 12.4. The van der Waals surface area contributed by atoms with Crippen LogP contribution in [0.2, 0.25) is 5.02 Å². The smallest absolute Gasteiger partial charge is 0.311 e. The maximum absolute atomic E-state index is 11.7. The molecule has 0 radical (unpaired) electrons. The van der Waals surface area contributed by atoms with E-state index in [1.54, 1.807) is 31.2 Å². The highest BCUT2D eigenvalue weighted by atomic mass is 35.5. The fraction of sp³-hybridized carbons (Fsp3) is 0.200. The summed E-state index contributed by atoms with van der Waals surface area (Å²) in [6.45, 7) is 1.61. The highest BCUT2D eigenvalue weighted by molar-refractivity contribution is 6.30. The van der Waals surface area contributed by atoms with E-state index in [1.807, 2.05) is 0 Å². The van der Waals surface area contributed by atoms with Gasteiger partial charge >= 0.3 is 5.69 Å². The number of aromatic nitrogens is 2. The molecule has 0 fully saturated rings. The fourth-order valence-electron chi connectivity index (χ4n) is 1.99. The second kappa shape index (κ2) is 7.55. The second-order valence-corrected chi connectivity index (χ2v) is 5.30. The maximum Gasteiger partial charge on any atom is 0.325 e. The number of benzene rings is 1. The molecule has 0 saturated carbocycles. The number of hydrogen-bond acceptors (Lipinski definition) is 4. The number of aromatic amines is 2. The third-order valence-electron chi connectivity index (χ3n) is 3.11. The van der Waals surface area contributed by atoms with Crippen molar-refractivity contribution in [3.8, 4) is 0 Å². The Balaban J connectivity index is 1.91. The van der Waals surface area contributed by atoms with Crippen LogP contribution in [0.5, 0.6) is 0 Å². The second-order valence-electron chi connectivity index (χ2n) is 4.86. The Hall–Kier alpha value is -2.67. The number of hydrazone groups is 1. The first kappa shape index (κ1) is 16.7. The molecule has 0 saturated heterocycles. The summed E-state index contributed by atoms with van der Waals surface area (Å²) in [6.07, 6.45) is 1.75. The van der Waals surface area contributed by atoms with E-state index < -0.39 is 11.2 Å². The van der Waals surface area contributed by atoms with Crippen LogP contribution in [-0.4, -0.2) is 22.1 Å². The van der Waals surface area contributed by atoms with Crippen molar-refractivity contribution in [3.63, 3.8) is 0 Å². The number of nitrogens with zero attached hydrogens (tertiary/aromatic N) is 1. The molecule has 3 N–H and O–H groups in total. The minimum absolute atomic E-state index is 0.0723. The lowest BCUT2D eigenvalue weighted by molar-refractivity contribution is -0.121. The minimum atomic E-state index is -0.563. The molecule has 1 heterocycles. The summed E-state index contributed by atoms with van der Waals surface area (Å²) in [5.41, 5.74) is 2.91.